The number of carbonyl (C=O) groups excluding carboxylic acids is 1. The molecule has 0 saturated heterocycles. The Hall–Kier alpha value is -4.93. The van der Waals surface area contributed by atoms with Gasteiger partial charge in [-0.15, -0.1) is 5.10 Å². The summed E-state index contributed by atoms with van der Waals surface area (Å²) in [6, 6.07) is 13.7. The van der Waals surface area contributed by atoms with Gasteiger partial charge in [0, 0.05) is 35.5 Å². The van der Waals surface area contributed by atoms with Gasteiger partial charge in [-0.3, -0.25) is 14.2 Å². The first-order chi connectivity index (χ1) is 17.3. The molecular weight excluding hydrogens is 470 g/mol. The van der Waals surface area contributed by atoms with Gasteiger partial charge < -0.3 is 10.4 Å². The number of aliphatic carboxylic acids is 1. The Kier molecular flexibility index (Phi) is 5.72. The van der Waals surface area contributed by atoms with Crippen molar-refractivity contribution in [1.29, 1.82) is 0 Å². The van der Waals surface area contributed by atoms with Gasteiger partial charge in [-0.1, -0.05) is 11.3 Å². The van der Waals surface area contributed by atoms with Crippen molar-refractivity contribution in [2.75, 3.05) is 5.32 Å². The van der Waals surface area contributed by atoms with Crippen LogP contribution in [0.3, 0.4) is 0 Å². The zero-order valence-corrected chi connectivity index (χ0v) is 18.8. The van der Waals surface area contributed by atoms with Crippen LogP contribution in [0.2, 0.25) is 0 Å². The fraction of sp³-hybridized carbons (Fsp3) is 0.0800. The van der Waals surface area contributed by atoms with Gasteiger partial charge in [0.15, 0.2) is 0 Å². The normalized spacial score (nSPS) is 11.1. The number of anilines is 1. The summed E-state index contributed by atoms with van der Waals surface area (Å²) < 4.78 is 31.1. The summed E-state index contributed by atoms with van der Waals surface area (Å²) in [7, 11) is 0. The zero-order chi connectivity index (χ0) is 25.4. The van der Waals surface area contributed by atoms with E-state index in [2.05, 4.69) is 20.6 Å². The molecule has 0 atom stereocenters. The molecule has 0 bridgehead atoms. The van der Waals surface area contributed by atoms with E-state index in [1.165, 1.54) is 29.9 Å². The van der Waals surface area contributed by atoms with Crippen LogP contribution in [0.15, 0.2) is 67.1 Å². The maximum Gasteiger partial charge on any atom is 0.325 e. The summed E-state index contributed by atoms with van der Waals surface area (Å²) in [5.74, 6) is -2.76. The molecular formula is C25H18F2N6O3. The van der Waals surface area contributed by atoms with E-state index >= 15 is 0 Å². The van der Waals surface area contributed by atoms with Crippen LogP contribution in [-0.2, 0) is 16.1 Å². The number of hydrogen-bond donors (Lipinski definition) is 2. The minimum Gasteiger partial charge on any atom is -0.480 e. The van der Waals surface area contributed by atoms with Crippen molar-refractivity contribution >= 4 is 28.6 Å². The number of nitrogens with one attached hydrogen (secondary N) is 1. The van der Waals surface area contributed by atoms with Crippen LogP contribution < -0.4 is 5.32 Å². The quantitative estimate of drug-likeness (QED) is 0.369. The number of carbonyl (C=O) groups is 2. The Labute approximate surface area is 202 Å². The Morgan fingerprint density at radius 3 is 2.61 bits per heavy atom. The highest BCUT2D eigenvalue weighted by Gasteiger charge is 2.15. The Balaban J connectivity index is 1.60. The fourth-order valence-electron chi connectivity index (χ4n) is 4.01. The predicted octanol–water partition coefficient (Wildman–Crippen LogP) is 4.27. The van der Waals surface area contributed by atoms with Crippen LogP contribution in [0.4, 0.5) is 14.5 Å². The van der Waals surface area contributed by atoms with Gasteiger partial charge in [0.1, 0.15) is 24.5 Å². The van der Waals surface area contributed by atoms with Crippen molar-refractivity contribution in [2.24, 2.45) is 0 Å². The Bertz CT molecular complexity index is 1640. The smallest absolute Gasteiger partial charge is 0.325 e. The van der Waals surface area contributed by atoms with Gasteiger partial charge in [-0.05, 0) is 48.0 Å². The van der Waals surface area contributed by atoms with E-state index < -0.39 is 17.6 Å². The summed E-state index contributed by atoms with van der Waals surface area (Å²) >= 11 is 0. The molecule has 3 aromatic carbocycles. The zero-order valence-electron chi connectivity index (χ0n) is 18.8. The van der Waals surface area contributed by atoms with Crippen LogP contribution in [-0.4, -0.2) is 41.5 Å². The van der Waals surface area contributed by atoms with Gasteiger partial charge in [-0.2, -0.15) is 0 Å². The van der Waals surface area contributed by atoms with E-state index in [1.54, 1.807) is 47.3 Å². The number of carboxylic acids is 1. The second-order valence-corrected chi connectivity index (χ2v) is 8.06. The number of hydrogen-bond acceptors (Lipinski definition) is 5. The van der Waals surface area contributed by atoms with E-state index in [0.29, 0.717) is 39.2 Å². The van der Waals surface area contributed by atoms with Gasteiger partial charge in [0.2, 0.25) is 5.91 Å². The molecule has 2 heterocycles. The number of rotatable bonds is 6. The average molecular weight is 488 g/mol. The van der Waals surface area contributed by atoms with E-state index in [0.717, 1.165) is 6.07 Å². The number of aromatic nitrogens is 5. The maximum absolute atomic E-state index is 14.6. The third-order valence-corrected chi connectivity index (χ3v) is 5.50. The van der Waals surface area contributed by atoms with E-state index in [4.69, 9.17) is 5.11 Å². The summed E-state index contributed by atoms with van der Waals surface area (Å²) in [6.07, 6.45) is 3.06. The lowest BCUT2D eigenvalue weighted by atomic mass is 10.0. The van der Waals surface area contributed by atoms with E-state index in [9.17, 15) is 18.4 Å². The molecule has 180 valence electrons. The molecule has 5 aromatic rings. The Morgan fingerprint density at radius 1 is 1.03 bits per heavy atom. The SMILES string of the molecule is CC(=O)Nc1cc(-c2ccc(F)cc2F)cc(-n2cnc3cc(-c4cnnn4CC(=O)O)ccc32)c1. The highest BCUT2D eigenvalue weighted by molar-refractivity contribution is 5.91. The summed E-state index contributed by atoms with van der Waals surface area (Å²) in [5.41, 5.74) is 4.16. The van der Waals surface area contributed by atoms with E-state index in [1.807, 2.05) is 0 Å². The van der Waals surface area contributed by atoms with Crippen LogP contribution in [0.5, 0.6) is 0 Å². The van der Waals surface area contributed by atoms with Crippen molar-refractivity contribution < 1.29 is 23.5 Å². The first-order valence-corrected chi connectivity index (χ1v) is 10.7. The molecule has 0 aliphatic heterocycles. The highest BCUT2D eigenvalue weighted by Crippen LogP contribution is 2.31. The molecule has 0 aliphatic rings. The third kappa shape index (κ3) is 4.41. The summed E-state index contributed by atoms with van der Waals surface area (Å²) in [4.78, 5) is 27.3. The molecule has 0 aliphatic carbocycles. The Morgan fingerprint density at radius 2 is 1.86 bits per heavy atom. The third-order valence-electron chi connectivity index (χ3n) is 5.50. The van der Waals surface area contributed by atoms with Crippen molar-refractivity contribution in [3.05, 3.63) is 78.8 Å². The summed E-state index contributed by atoms with van der Waals surface area (Å²) in [6.45, 7) is 1.03. The number of carboxylic acid groups (broad SMARTS) is 1. The molecule has 0 spiro atoms. The van der Waals surface area contributed by atoms with Gasteiger partial charge in [-0.25, -0.2) is 18.4 Å². The molecule has 1 amide bonds. The first-order valence-electron chi connectivity index (χ1n) is 10.7. The fourth-order valence-corrected chi connectivity index (χ4v) is 4.01. The number of amides is 1. The van der Waals surface area contributed by atoms with Crippen LogP contribution in [0, 0.1) is 11.6 Å². The number of halogens is 2. The van der Waals surface area contributed by atoms with Crippen molar-refractivity contribution in [2.45, 2.75) is 13.5 Å². The minimum atomic E-state index is -1.04. The van der Waals surface area contributed by atoms with E-state index in [-0.39, 0.29) is 18.0 Å². The van der Waals surface area contributed by atoms with Gasteiger partial charge in [0.05, 0.1) is 22.9 Å². The van der Waals surface area contributed by atoms with Crippen LogP contribution >= 0.6 is 0 Å². The van der Waals surface area contributed by atoms with Gasteiger partial charge in [0.25, 0.3) is 0 Å². The van der Waals surface area contributed by atoms with Crippen molar-refractivity contribution in [3.63, 3.8) is 0 Å². The van der Waals surface area contributed by atoms with Crippen LogP contribution in [0.1, 0.15) is 6.92 Å². The molecule has 0 radical (unpaired) electrons. The maximum atomic E-state index is 14.6. The molecule has 0 saturated carbocycles. The number of imidazole rings is 1. The lowest BCUT2D eigenvalue weighted by Crippen LogP contribution is -2.11. The lowest BCUT2D eigenvalue weighted by molar-refractivity contribution is -0.137. The second-order valence-electron chi connectivity index (χ2n) is 8.06. The summed E-state index contributed by atoms with van der Waals surface area (Å²) in [5, 5.41) is 19.4. The standard InChI is InChI=1S/C25H18F2N6O3/c1-14(34)30-18-6-16(20-4-3-17(26)9-21(20)27)7-19(10-18)32-13-28-22-8-15(2-5-23(22)32)24-11-29-31-33(24)12-25(35)36/h2-11,13H,12H2,1H3,(H,30,34)(H,35,36). The molecule has 0 unspecified atom stereocenters. The monoisotopic (exact) mass is 488 g/mol. The second kappa shape index (κ2) is 9.02. The van der Waals surface area contributed by atoms with Gasteiger partial charge >= 0.3 is 5.97 Å². The number of benzene rings is 3. The molecule has 36 heavy (non-hydrogen) atoms. The average Bonchev–Trinajstić information content (AvgIpc) is 3.44. The molecule has 2 aromatic heterocycles. The molecule has 0 fully saturated rings. The molecule has 11 heteroatoms. The molecule has 5 rings (SSSR count). The van der Waals surface area contributed by atoms with Crippen molar-refractivity contribution in [1.82, 2.24) is 24.5 Å². The minimum absolute atomic E-state index is 0.177. The van der Waals surface area contributed by atoms with Crippen molar-refractivity contribution in [3.8, 4) is 28.1 Å². The topological polar surface area (TPSA) is 115 Å². The number of fused-ring (bicyclic) bond motifs is 1. The highest BCUT2D eigenvalue weighted by atomic mass is 19.1. The largest absolute Gasteiger partial charge is 0.480 e. The molecule has 9 nitrogen and oxygen atoms in total. The first kappa shape index (κ1) is 22.8. The number of nitrogens with zero attached hydrogens (tertiary/aromatic N) is 5. The predicted molar refractivity (Wildman–Crippen MR) is 127 cm³/mol. The van der Waals surface area contributed by atoms with Crippen LogP contribution in [0.25, 0.3) is 39.1 Å². The molecule has 2 N–H and O–H groups in total. The lowest BCUT2D eigenvalue weighted by Gasteiger charge is -2.13.